The van der Waals surface area contributed by atoms with Crippen LogP contribution in [0.15, 0.2) is 23.1 Å². The molecule has 0 heterocycles. The second kappa shape index (κ2) is 6.58. The molecule has 0 amide bonds. The maximum atomic E-state index is 13.8. The van der Waals surface area contributed by atoms with E-state index in [2.05, 4.69) is 0 Å². The highest BCUT2D eigenvalue weighted by Crippen LogP contribution is 2.20. The lowest BCUT2D eigenvalue weighted by Crippen LogP contribution is -2.38. The fraction of sp³-hybridized carbons (Fsp3) is 0.364. The lowest BCUT2D eigenvalue weighted by Gasteiger charge is -2.12. The molecule has 0 aromatic heterocycles. The summed E-state index contributed by atoms with van der Waals surface area (Å²) < 4.78 is 64.1. The van der Waals surface area contributed by atoms with Crippen molar-refractivity contribution in [3.05, 3.63) is 24.0 Å². The molecule has 0 bridgehead atoms. The summed E-state index contributed by atoms with van der Waals surface area (Å²) in [6.07, 6.45) is 0. The molecule has 3 N–H and O–H groups in total. The molecular weight excluding hydrogens is 339 g/mol. The topological polar surface area (TPSA) is 130 Å². The van der Waals surface area contributed by atoms with E-state index in [9.17, 15) is 26.0 Å². The Balaban J connectivity index is 3.10. The van der Waals surface area contributed by atoms with Gasteiger partial charge in [0.1, 0.15) is 11.9 Å². The molecule has 1 aromatic carbocycles. The van der Waals surface area contributed by atoms with Crippen LogP contribution in [0, 0.1) is 5.82 Å². The molecule has 0 fully saturated rings. The molecule has 8 nitrogen and oxygen atoms in total. The van der Waals surface area contributed by atoms with Crippen LogP contribution in [0.5, 0.6) is 0 Å². The first-order valence-corrected chi connectivity index (χ1v) is 9.17. The number of aliphatic carboxylic acids is 1. The molecule has 11 heteroatoms. The van der Waals surface area contributed by atoms with E-state index in [1.165, 1.54) is 6.92 Å². The van der Waals surface area contributed by atoms with Gasteiger partial charge < -0.3 is 5.11 Å². The Morgan fingerprint density at radius 1 is 1.32 bits per heavy atom. The molecule has 22 heavy (non-hydrogen) atoms. The standard InChI is InChI=1S/C11H15FN2O6S2/c1-3-21(17,18)14-10-5-4-8(6-9(10)12)22(19,20)13-7(2)11(15)16/h4-7,13-14H,3H2,1-2H3,(H,15,16)/t7-/m0/s1. The second-order valence-corrected chi connectivity index (χ2v) is 8.05. The van der Waals surface area contributed by atoms with E-state index in [-0.39, 0.29) is 5.75 Å². The van der Waals surface area contributed by atoms with E-state index in [1.807, 2.05) is 9.44 Å². The smallest absolute Gasteiger partial charge is 0.321 e. The zero-order valence-electron chi connectivity index (χ0n) is 11.7. The Bertz CT molecular complexity index is 776. The van der Waals surface area contributed by atoms with Crippen LogP contribution in [0.3, 0.4) is 0 Å². The molecule has 1 aromatic rings. The SMILES string of the molecule is CCS(=O)(=O)Nc1ccc(S(=O)(=O)N[C@@H](C)C(=O)O)cc1F. The van der Waals surface area contributed by atoms with Crippen molar-refractivity contribution in [2.45, 2.75) is 24.8 Å². The van der Waals surface area contributed by atoms with E-state index in [0.29, 0.717) is 6.07 Å². The number of rotatable bonds is 7. The molecule has 0 saturated heterocycles. The molecule has 1 rings (SSSR count). The van der Waals surface area contributed by atoms with E-state index in [1.54, 1.807) is 0 Å². The molecule has 0 aliphatic rings. The Morgan fingerprint density at radius 2 is 1.91 bits per heavy atom. The fourth-order valence-corrected chi connectivity index (χ4v) is 3.19. The highest BCUT2D eigenvalue weighted by atomic mass is 32.2. The molecule has 0 radical (unpaired) electrons. The minimum absolute atomic E-state index is 0.274. The highest BCUT2D eigenvalue weighted by Gasteiger charge is 2.23. The lowest BCUT2D eigenvalue weighted by molar-refractivity contribution is -0.138. The molecule has 1 atom stereocenters. The zero-order chi connectivity index (χ0) is 17.1. The number of nitrogens with one attached hydrogen (secondary N) is 2. The van der Waals surface area contributed by atoms with Gasteiger partial charge in [-0.3, -0.25) is 9.52 Å². The monoisotopic (exact) mass is 354 g/mol. The molecule has 0 spiro atoms. The van der Waals surface area contributed by atoms with Crippen LogP contribution in [0.25, 0.3) is 0 Å². The van der Waals surface area contributed by atoms with Crippen LogP contribution in [0.1, 0.15) is 13.8 Å². The number of carbonyl (C=O) groups is 1. The minimum atomic E-state index is -4.24. The van der Waals surface area contributed by atoms with Gasteiger partial charge in [-0.1, -0.05) is 0 Å². The van der Waals surface area contributed by atoms with Gasteiger partial charge in [-0.25, -0.2) is 21.2 Å². The van der Waals surface area contributed by atoms with Crippen molar-refractivity contribution in [1.82, 2.24) is 4.72 Å². The number of hydrogen-bond donors (Lipinski definition) is 3. The first kappa shape index (κ1) is 18.3. The lowest BCUT2D eigenvalue weighted by atomic mass is 10.3. The number of sulfonamides is 2. The average Bonchev–Trinajstić information content (AvgIpc) is 2.40. The highest BCUT2D eigenvalue weighted by molar-refractivity contribution is 7.92. The van der Waals surface area contributed by atoms with Crippen LogP contribution in [-0.4, -0.2) is 39.7 Å². The number of anilines is 1. The normalized spacial score (nSPS) is 13.6. The predicted molar refractivity (Wildman–Crippen MR) is 76.9 cm³/mol. The third kappa shape index (κ3) is 4.64. The molecule has 124 valence electrons. The van der Waals surface area contributed by atoms with Gasteiger partial charge in [-0.15, -0.1) is 0 Å². The first-order valence-electron chi connectivity index (χ1n) is 6.03. The van der Waals surface area contributed by atoms with Crippen molar-refractivity contribution in [1.29, 1.82) is 0 Å². The zero-order valence-corrected chi connectivity index (χ0v) is 13.3. The number of carboxylic acids is 1. The van der Waals surface area contributed by atoms with Gasteiger partial charge in [0.05, 0.1) is 16.3 Å². The third-order valence-corrected chi connectivity index (χ3v) is 5.43. The summed E-state index contributed by atoms with van der Waals surface area (Å²) in [6.45, 7) is 2.47. The summed E-state index contributed by atoms with van der Waals surface area (Å²) in [6, 6.07) is 1.12. The first-order chi connectivity index (χ1) is 9.98. The van der Waals surface area contributed by atoms with Crippen LogP contribution in [0.4, 0.5) is 10.1 Å². The van der Waals surface area contributed by atoms with Crippen molar-refractivity contribution in [3.63, 3.8) is 0 Å². The van der Waals surface area contributed by atoms with Gasteiger partial charge in [0, 0.05) is 0 Å². The largest absolute Gasteiger partial charge is 0.480 e. The third-order valence-electron chi connectivity index (χ3n) is 2.60. The number of carboxylic acid groups (broad SMARTS) is 1. The Hall–Kier alpha value is -1.72. The van der Waals surface area contributed by atoms with Gasteiger partial charge in [-0.05, 0) is 32.0 Å². The summed E-state index contributed by atoms with van der Waals surface area (Å²) in [5.41, 5.74) is -0.396. The minimum Gasteiger partial charge on any atom is -0.480 e. The average molecular weight is 354 g/mol. The van der Waals surface area contributed by atoms with E-state index >= 15 is 0 Å². The van der Waals surface area contributed by atoms with Crippen molar-refractivity contribution in [3.8, 4) is 0 Å². The van der Waals surface area contributed by atoms with Crippen molar-refractivity contribution in [2.24, 2.45) is 0 Å². The number of halogens is 1. The Morgan fingerprint density at radius 3 is 2.36 bits per heavy atom. The Labute approximate surface area is 127 Å². The maximum absolute atomic E-state index is 13.8. The number of benzene rings is 1. The summed E-state index contributed by atoms with van der Waals surface area (Å²) >= 11 is 0. The van der Waals surface area contributed by atoms with E-state index in [0.717, 1.165) is 19.1 Å². The van der Waals surface area contributed by atoms with Crippen LogP contribution >= 0.6 is 0 Å². The van der Waals surface area contributed by atoms with Crippen molar-refractivity contribution in [2.75, 3.05) is 10.5 Å². The summed E-state index contributed by atoms with van der Waals surface area (Å²) in [7, 11) is -7.95. The van der Waals surface area contributed by atoms with Crippen LogP contribution < -0.4 is 9.44 Å². The van der Waals surface area contributed by atoms with Gasteiger partial charge >= 0.3 is 5.97 Å². The van der Waals surface area contributed by atoms with Crippen LogP contribution in [0.2, 0.25) is 0 Å². The second-order valence-electron chi connectivity index (χ2n) is 4.33. The predicted octanol–water partition coefficient (Wildman–Crippen LogP) is 0.339. The molecule has 0 aliphatic heterocycles. The summed E-state index contributed by atoms with van der Waals surface area (Å²) in [4.78, 5) is 10.1. The van der Waals surface area contributed by atoms with Gasteiger partial charge in [0.15, 0.2) is 0 Å². The van der Waals surface area contributed by atoms with Crippen LogP contribution in [-0.2, 0) is 24.8 Å². The van der Waals surface area contributed by atoms with Crippen molar-refractivity contribution >= 4 is 31.7 Å². The van der Waals surface area contributed by atoms with Gasteiger partial charge in [0.2, 0.25) is 20.0 Å². The van der Waals surface area contributed by atoms with Gasteiger partial charge in [-0.2, -0.15) is 4.72 Å². The van der Waals surface area contributed by atoms with E-state index < -0.39 is 48.5 Å². The van der Waals surface area contributed by atoms with E-state index in [4.69, 9.17) is 5.11 Å². The van der Waals surface area contributed by atoms with Gasteiger partial charge in [0.25, 0.3) is 0 Å². The number of hydrogen-bond acceptors (Lipinski definition) is 5. The Kier molecular flexibility index (Phi) is 5.49. The summed E-state index contributed by atoms with van der Waals surface area (Å²) in [5, 5.41) is 8.67. The quantitative estimate of drug-likeness (QED) is 0.647. The maximum Gasteiger partial charge on any atom is 0.321 e. The van der Waals surface area contributed by atoms with Crippen molar-refractivity contribution < 1.29 is 31.1 Å². The summed E-state index contributed by atoms with van der Waals surface area (Å²) in [5.74, 6) is -2.76. The molecule has 0 unspecified atom stereocenters. The fourth-order valence-electron chi connectivity index (χ4n) is 1.34. The molecular formula is C11H15FN2O6S2. The molecule has 0 saturated carbocycles. The molecule has 0 aliphatic carbocycles.